The lowest BCUT2D eigenvalue weighted by Gasteiger charge is -2.08. The summed E-state index contributed by atoms with van der Waals surface area (Å²) >= 11 is 0. The van der Waals surface area contributed by atoms with E-state index < -0.39 is 0 Å². The van der Waals surface area contributed by atoms with E-state index in [1.165, 1.54) is 0 Å². The third kappa shape index (κ3) is 1.39. The van der Waals surface area contributed by atoms with Crippen LogP contribution in [-0.4, -0.2) is 7.11 Å². The fourth-order valence-electron chi connectivity index (χ4n) is 2.38. The van der Waals surface area contributed by atoms with Crippen LogP contribution in [0.3, 0.4) is 0 Å². The number of hydrogen-bond donors (Lipinski definition) is 0. The highest BCUT2D eigenvalue weighted by Crippen LogP contribution is 2.65. The minimum absolute atomic E-state index is 0.0867. The fourth-order valence-corrected chi connectivity index (χ4v) is 2.38. The third-order valence-electron chi connectivity index (χ3n) is 3.44. The second kappa shape index (κ2) is 3.27. The molecule has 1 aliphatic rings. The Morgan fingerprint density at radius 3 is 2.53 bits per heavy atom. The Balaban J connectivity index is 2.37. The Kier molecular flexibility index (Phi) is 2.19. The van der Waals surface area contributed by atoms with Crippen molar-refractivity contribution < 1.29 is 4.74 Å². The number of rotatable bonds is 2. The number of methoxy groups -OCH3 is 1. The van der Waals surface area contributed by atoms with E-state index in [-0.39, 0.29) is 11.3 Å². The van der Waals surface area contributed by atoms with Gasteiger partial charge in [-0.3, -0.25) is 0 Å². The summed E-state index contributed by atoms with van der Waals surface area (Å²) < 4.78 is 5.32. The zero-order valence-corrected chi connectivity index (χ0v) is 9.32. The summed E-state index contributed by atoms with van der Waals surface area (Å²) in [6, 6.07) is 10.3. The molecular weight excluding hydrogens is 186 g/mol. The maximum absolute atomic E-state index is 9.05. The van der Waals surface area contributed by atoms with Crippen LogP contribution in [0.15, 0.2) is 24.3 Å². The molecule has 2 unspecified atom stereocenters. The van der Waals surface area contributed by atoms with Gasteiger partial charge in [0.05, 0.1) is 19.1 Å². The van der Waals surface area contributed by atoms with E-state index in [2.05, 4.69) is 26.0 Å². The molecule has 2 heteroatoms. The summed E-state index contributed by atoms with van der Waals surface area (Å²) in [4.78, 5) is 0. The molecule has 15 heavy (non-hydrogen) atoms. The molecule has 2 nitrogen and oxygen atoms in total. The van der Waals surface area contributed by atoms with Crippen LogP contribution in [0.4, 0.5) is 0 Å². The van der Waals surface area contributed by atoms with Gasteiger partial charge in [0.1, 0.15) is 5.75 Å². The van der Waals surface area contributed by atoms with Gasteiger partial charge >= 0.3 is 0 Å². The van der Waals surface area contributed by atoms with Crippen molar-refractivity contribution >= 4 is 0 Å². The van der Waals surface area contributed by atoms with Crippen LogP contribution in [0.25, 0.3) is 0 Å². The lowest BCUT2D eigenvalue weighted by atomic mass is 10.0. The van der Waals surface area contributed by atoms with E-state index in [1.54, 1.807) is 7.11 Å². The minimum atomic E-state index is 0.0867. The number of ether oxygens (including phenoxy) is 1. The highest BCUT2D eigenvalue weighted by Gasteiger charge is 2.59. The smallest absolute Gasteiger partial charge is 0.122 e. The van der Waals surface area contributed by atoms with Gasteiger partial charge in [-0.15, -0.1) is 0 Å². The van der Waals surface area contributed by atoms with Gasteiger partial charge < -0.3 is 4.74 Å². The van der Waals surface area contributed by atoms with Gasteiger partial charge in [0.2, 0.25) is 0 Å². The maximum atomic E-state index is 9.05. The molecule has 1 aromatic rings. The topological polar surface area (TPSA) is 33.0 Å². The van der Waals surface area contributed by atoms with Gasteiger partial charge in [-0.05, 0) is 17.0 Å². The number of para-hydroxylation sites is 1. The lowest BCUT2D eigenvalue weighted by Crippen LogP contribution is -1.93. The molecule has 1 aromatic carbocycles. The van der Waals surface area contributed by atoms with Crippen LogP contribution < -0.4 is 4.74 Å². The average Bonchev–Trinajstić information content (AvgIpc) is 2.80. The molecule has 1 saturated carbocycles. The molecule has 0 saturated heterocycles. The molecule has 0 amide bonds. The molecule has 0 spiro atoms. The van der Waals surface area contributed by atoms with Crippen LogP contribution in [0.2, 0.25) is 0 Å². The molecule has 0 N–H and O–H groups in total. The van der Waals surface area contributed by atoms with Gasteiger partial charge in [0.15, 0.2) is 0 Å². The fraction of sp³-hybridized carbons (Fsp3) is 0.462. The highest BCUT2D eigenvalue weighted by molar-refractivity contribution is 5.44. The van der Waals surface area contributed by atoms with Crippen molar-refractivity contribution in [1.82, 2.24) is 0 Å². The Morgan fingerprint density at radius 1 is 1.33 bits per heavy atom. The van der Waals surface area contributed by atoms with Crippen molar-refractivity contribution in [3.63, 3.8) is 0 Å². The van der Waals surface area contributed by atoms with E-state index in [9.17, 15) is 0 Å². The Morgan fingerprint density at radius 2 is 2.00 bits per heavy atom. The molecule has 0 bridgehead atoms. The first-order chi connectivity index (χ1) is 7.12. The lowest BCUT2D eigenvalue weighted by molar-refractivity contribution is 0.407. The molecule has 78 valence electrons. The molecule has 0 aromatic heterocycles. The first-order valence-corrected chi connectivity index (χ1v) is 5.15. The average molecular weight is 201 g/mol. The van der Waals surface area contributed by atoms with Crippen molar-refractivity contribution in [3.05, 3.63) is 29.8 Å². The summed E-state index contributed by atoms with van der Waals surface area (Å²) in [5.41, 5.74) is 1.25. The first kappa shape index (κ1) is 10.0. The molecule has 2 rings (SSSR count). The standard InChI is InChI=1S/C13H15NO/c1-13(2)10(8-14)12(13)9-6-4-5-7-11(9)15-3/h4-7,10,12H,1-3H3. The summed E-state index contributed by atoms with van der Waals surface area (Å²) in [7, 11) is 1.68. The minimum Gasteiger partial charge on any atom is -0.496 e. The predicted octanol–water partition coefficient (Wildman–Crippen LogP) is 2.96. The van der Waals surface area contributed by atoms with Gasteiger partial charge in [-0.25, -0.2) is 0 Å². The molecule has 1 fully saturated rings. The number of benzene rings is 1. The Labute approximate surface area is 90.5 Å². The van der Waals surface area contributed by atoms with Crippen molar-refractivity contribution in [1.29, 1.82) is 5.26 Å². The van der Waals surface area contributed by atoms with Crippen molar-refractivity contribution in [2.75, 3.05) is 7.11 Å². The van der Waals surface area contributed by atoms with Crippen LogP contribution >= 0.6 is 0 Å². The van der Waals surface area contributed by atoms with E-state index in [0.29, 0.717) is 5.92 Å². The monoisotopic (exact) mass is 201 g/mol. The predicted molar refractivity (Wildman–Crippen MR) is 58.6 cm³/mol. The highest BCUT2D eigenvalue weighted by atomic mass is 16.5. The molecular formula is C13H15NO. The second-order valence-corrected chi connectivity index (χ2v) is 4.65. The van der Waals surface area contributed by atoms with Crippen LogP contribution in [0, 0.1) is 22.7 Å². The SMILES string of the molecule is COc1ccccc1C1C(C#N)C1(C)C. The summed E-state index contributed by atoms with van der Waals surface area (Å²) in [5.74, 6) is 1.33. The van der Waals surface area contributed by atoms with Crippen LogP contribution in [0.5, 0.6) is 5.75 Å². The van der Waals surface area contributed by atoms with Crippen molar-refractivity contribution in [3.8, 4) is 11.8 Å². The number of nitrogens with zero attached hydrogens (tertiary/aromatic N) is 1. The van der Waals surface area contributed by atoms with Crippen molar-refractivity contribution in [2.24, 2.45) is 11.3 Å². The molecule has 0 radical (unpaired) electrons. The maximum Gasteiger partial charge on any atom is 0.122 e. The Hall–Kier alpha value is -1.49. The summed E-state index contributed by atoms with van der Waals surface area (Å²) in [6.07, 6.45) is 0. The summed E-state index contributed by atoms with van der Waals surface area (Å²) in [5, 5.41) is 9.05. The quantitative estimate of drug-likeness (QED) is 0.737. The van der Waals surface area contributed by atoms with Gasteiger partial charge in [0.25, 0.3) is 0 Å². The van der Waals surface area contributed by atoms with E-state index in [1.807, 2.05) is 18.2 Å². The van der Waals surface area contributed by atoms with E-state index in [4.69, 9.17) is 10.00 Å². The number of hydrogen-bond acceptors (Lipinski definition) is 2. The largest absolute Gasteiger partial charge is 0.496 e. The van der Waals surface area contributed by atoms with Crippen molar-refractivity contribution in [2.45, 2.75) is 19.8 Å². The normalized spacial score (nSPS) is 26.8. The van der Waals surface area contributed by atoms with Gasteiger partial charge in [0, 0.05) is 5.92 Å². The zero-order chi connectivity index (χ0) is 11.1. The molecule has 2 atom stereocenters. The van der Waals surface area contributed by atoms with Gasteiger partial charge in [-0.2, -0.15) is 5.26 Å². The first-order valence-electron chi connectivity index (χ1n) is 5.15. The second-order valence-electron chi connectivity index (χ2n) is 4.65. The Bertz CT molecular complexity index is 417. The summed E-state index contributed by atoms with van der Waals surface area (Å²) in [6.45, 7) is 4.27. The number of nitriles is 1. The van der Waals surface area contributed by atoms with Crippen LogP contribution in [0.1, 0.15) is 25.3 Å². The zero-order valence-electron chi connectivity index (χ0n) is 9.32. The molecule has 0 heterocycles. The molecule has 0 aliphatic heterocycles. The van der Waals surface area contributed by atoms with Gasteiger partial charge in [-0.1, -0.05) is 32.0 Å². The third-order valence-corrected chi connectivity index (χ3v) is 3.44. The van der Waals surface area contributed by atoms with Crippen LogP contribution in [-0.2, 0) is 0 Å². The van der Waals surface area contributed by atoms with E-state index in [0.717, 1.165) is 11.3 Å². The molecule has 1 aliphatic carbocycles. The van der Waals surface area contributed by atoms with E-state index >= 15 is 0 Å².